The number of aryl methyl sites for hydroxylation is 1. The van der Waals surface area contributed by atoms with Crippen molar-refractivity contribution in [2.24, 2.45) is 0 Å². The number of benzene rings is 2. The van der Waals surface area contributed by atoms with E-state index < -0.39 is 0 Å². The number of aromatic nitrogens is 1. The Morgan fingerprint density at radius 2 is 1.68 bits per heavy atom. The van der Waals surface area contributed by atoms with Crippen LogP contribution in [0.5, 0.6) is 5.75 Å². The van der Waals surface area contributed by atoms with Crippen LogP contribution in [-0.4, -0.2) is 11.6 Å². The number of nitrogens with zero attached hydrogens (tertiary/aromatic N) is 1. The van der Waals surface area contributed by atoms with E-state index >= 15 is 0 Å². The van der Waals surface area contributed by atoms with Crippen molar-refractivity contribution in [3.05, 3.63) is 90.3 Å². The van der Waals surface area contributed by atoms with Gasteiger partial charge in [0.05, 0.1) is 12.6 Å². The van der Waals surface area contributed by atoms with Gasteiger partial charge in [0.1, 0.15) is 5.75 Å². The van der Waals surface area contributed by atoms with Gasteiger partial charge in [0.2, 0.25) is 0 Å². The highest BCUT2D eigenvalue weighted by Crippen LogP contribution is 2.25. The smallest absolute Gasteiger partial charge is 0.119 e. The lowest BCUT2D eigenvalue weighted by Gasteiger charge is -2.21. The predicted octanol–water partition coefficient (Wildman–Crippen LogP) is 5.27. The fraction of sp³-hybridized carbons (Fsp3) is 0.227. The molecule has 0 aliphatic carbocycles. The fourth-order valence-electron chi connectivity index (χ4n) is 2.86. The zero-order valence-electron chi connectivity index (χ0n) is 14.6. The van der Waals surface area contributed by atoms with Gasteiger partial charge in [-0.1, -0.05) is 36.4 Å². The van der Waals surface area contributed by atoms with Gasteiger partial charge in [-0.2, -0.15) is 0 Å². The van der Waals surface area contributed by atoms with E-state index in [2.05, 4.69) is 58.8 Å². The minimum Gasteiger partial charge on any atom is -0.494 e. The van der Waals surface area contributed by atoms with Crippen molar-refractivity contribution in [2.75, 3.05) is 11.9 Å². The number of hydrogen-bond donors (Lipinski definition) is 1. The molecule has 0 saturated carbocycles. The maximum atomic E-state index is 5.52. The molecule has 0 bridgehead atoms. The van der Waals surface area contributed by atoms with Crippen molar-refractivity contribution in [3.63, 3.8) is 0 Å². The minimum atomic E-state index is 0.237. The third-order valence-corrected chi connectivity index (χ3v) is 4.12. The van der Waals surface area contributed by atoms with Crippen LogP contribution in [-0.2, 0) is 6.42 Å². The number of pyridine rings is 1. The predicted molar refractivity (Wildman–Crippen MR) is 103 cm³/mol. The molecule has 2 aromatic carbocycles. The zero-order chi connectivity index (χ0) is 17.3. The third kappa shape index (κ3) is 5.08. The van der Waals surface area contributed by atoms with Crippen LogP contribution in [0.4, 0.5) is 5.69 Å². The molecule has 0 aliphatic heterocycles. The van der Waals surface area contributed by atoms with E-state index in [1.165, 1.54) is 5.56 Å². The van der Waals surface area contributed by atoms with Crippen molar-refractivity contribution in [1.82, 2.24) is 4.98 Å². The van der Waals surface area contributed by atoms with E-state index in [-0.39, 0.29) is 6.04 Å². The first-order valence-corrected chi connectivity index (χ1v) is 8.79. The lowest BCUT2D eigenvalue weighted by atomic mass is 10.0. The average molecular weight is 332 g/mol. The summed E-state index contributed by atoms with van der Waals surface area (Å²) >= 11 is 0. The van der Waals surface area contributed by atoms with E-state index in [0.717, 1.165) is 30.0 Å². The molecule has 25 heavy (non-hydrogen) atoms. The van der Waals surface area contributed by atoms with Gasteiger partial charge >= 0.3 is 0 Å². The molecule has 3 rings (SSSR count). The second kappa shape index (κ2) is 8.88. The molecular formula is C22H24N2O. The van der Waals surface area contributed by atoms with Crippen LogP contribution in [0.3, 0.4) is 0 Å². The number of anilines is 1. The van der Waals surface area contributed by atoms with Crippen LogP contribution in [0.15, 0.2) is 79.0 Å². The molecular weight excluding hydrogens is 308 g/mol. The second-order valence-electron chi connectivity index (χ2n) is 5.92. The summed E-state index contributed by atoms with van der Waals surface area (Å²) < 4.78 is 5.52. The molecule has 3 nitrogen and oxygen atoms in total. The van der Waals surface area contributed by atoms with Gasteiger partial charge in [0.15, 0.2) is 0 Å². The van der Waals surface area contributed by atoms with Gasteiger partial charge in [0.25, 0.3) is 0 Å². The maximum absolute atomic E-state index is 5.52. The topological polar surface area (TPSA) is 34.1 Å². The molecule has 0 radical (unpaired) electrons. The molecule has 0 spiro atoms. The molecule has 3 aromatic rings. The van der Waals surface area contributed by atoms with Gasteiger partial charge < -0.3 is 10.1 Å². The maximum Gasteiger partial charge on any atom is 0.119 e. The molecule has 3 heteroatoms. The molecule has 128 valence electrons. The lowest BCUT2D eigenvalue weighted by Crippen LogP contribution is -2.12. The largest absolute Gasteiger partial charge is 0.494 e. The molecule has 0 fully saturated rings. The van der Waals surface area contributed by atoms with E-state index in [9.17, 15) is 0 Å². The van der Waals surface area contributed by atoms with Crippen molar-refractivity contribution < 1.29 is 4.74 Å². The average Bonchev–Trinajstić information content (AvgIpc) is 2.68. The van der Waals surface area contributed by atoms with Crippen LogP contribution in [0.25, 0.3) is 0 Å². The lowest BCUT2D eigenvalue weighted by molar-refractivity contribution is 0.340. The first-order valence-electron chi connectivity index (χ1n) is 8.79. The quantitative estimate of drug-likeness (QED) is 0.610. The van der Waals surface area contributed by atoms with Crippen molar-refractivity contribution >= 4 is 5.69 Å². The summed E-state index contributed by atoms with van der Waals surface area (Å²) in [5.74, 6) is 0.901. The number of hydrogen-bond acceptors (Lipinski definition) is 3. The van der Waals surface area contributed by atoms with E-state index in [4.69, 9.17) is 4.74 Å². The first kappa shape index (κ1) is 17.0. The van der Waals surface area contributed by atoms with Crippen molar-refractivity contribution in [1.29, 1.82) is 0 Å². The molecule has 1 atom stereocenters. The Balaban J connectivity index is 1.72. The SMILES string of the molecule is CCOc1ccc(N[C@H](CCc2ccccn2)c2ccccc2)cc1. The number of ether oxygens (including phenoxy) is 1. The van der Waals surface area contributed by atoms with E-state index in [1.807, 2.05) is 37.4 Å². The summed E-state index contributed by atoms with van der Waals surface area (Å²) in [6.45, 7) is 2.68. The van der Waals surface area contributed by atoms with Crippen LogP contribution in [0.1, 0.15) is 30.6 Å². The normalized spacial score (nSPS) is 11.7. The van der Waals surface area contributed by atoms with Gasteiger partial charge in [-0.3, -0.25) is 4.98 Å². The summed E-state index contributed by atoms with van der Waals surface area (Å²) in [5, 5.41) is 3.65. The van der Waals surface area contributed by atoms with E-state index in [1.54, 1.807) is 0 Å². The summed E-state index contributed by atoms with van der Waals surface area (Å²) in [7, 11) is 0. The molecule has 1 N–H and O–H groups in total. The van der Waals surface area contributed by atoms with Crippen LogP contribution < -0.4 is 10.1 Å². The van der Waals surface area contributed by atoms with Gasteiger partial charge in [-0.15, -0.1) is 0 Å². The van der Waals surface area contributed by atoms with Crippen molar-refractivity contribution in [3.8, 4) is 5.75 Å². The van der Waals surface area contributed by atoms with Gasteiger partial charge in [0, 0.05) is 17.6 Å². The summed E-state index contributed by atoms with van der Waals surface area (Å²) in [6, 6.07) is 25.0. The Morgan fingerprint density at radius 1 is 0.920 bits per heavy atom. The Hall–Kier alpha value is -2.81. The summed E-state index contributed by atoms with van der Waals surface area (Å²) in [5.41, 5.74) is 3.50. The Labute approximate surface area is 149 Å². The molecule has 0 amide bonds. The fourth-order valence-corrected chi connectivity index (χ4v) is 2.86. The van der Waals surface area contributed by atoms with Crippen LogP contribution >= 0.6 is 0 Å². The third-order valence-electron chi connectivity index (χ3n) is 4.12. The van der Waals surface area contributed by atoms with Gasteiger partial charge in [-0.25, -0.2) is 0 Å². The number of nitrogens with one attached hydrogen (secondary N) is 1. The van der Waals surface area contributed by atoms with E-state index in [0.29, 0.717) is 6.61 Å². The molecule has 1 heterocycles. The van der Waals surface area contributed by atoms with Crippen LogP contribution in [0, 0.1) is 0 Å². The molecule has 0 unspecified atom stereocenters. The monoisotopic (exact) mass is 332 g/mol. The van der Waals surface area contributed by atoms with Gasteiger partial charge in [-0.05, 0) is 61.7 Å². The number of rotatable bonds is 8. The highest BCUT2D eigenvalue weighted by molar-refractivity contribution is 5.48. The summed E-state index contributed by atoms with van der Waals surface area (Å²) in [4.78, 5) is 4.44. The Kier molecular flexibility index (Phi) is 6.05. The minimum absolute atomic E-state index is 0.237. The molecule has 0 aliphatic rings. The zero-order valence-corrected chi connectivity index (χ0v) is 14.6. The Morgan fingerprint density at radius 3 is 2.36 bits per heavy atom. The highest BCUT2D eigenvalue weighted by atomic mass is 16.5. The highest BCUT2D eigenvalue weighted by Gasteiger charge is 2.12. The second-order valence-corrected chi connectivity index (χ2v) is 5.92. The van der Waals surface area contributed by atoms with Crippen LogP contribution in [0.2, 0.25) is 0 Å². The Bertz CT molecular complexity index is 742. The first-order chi connectivity index (χ1) is 12.3. The standard InChI is InChI=1S/C22H24N2O/c1-2-25-21-14-11-20(12-15-21)24-22(18-8-4-3-5-9-18)16-13-19-10-6-7-17-23-19/h3-12,14-15,17,22,24H,2,13,16H2,1H3/t22-/m1/s1. The molecule has 1 aromatic heterocycles. The molecule has 0 saturated heterocycles. The van der Waals surface area contributed by atoms with Crippen molar-refractivity contribution in [2.45, 2.75) is 25.8 Å². The summed E-state index contributed by atoms with van der Waals surface area (Å²) in [6.07, 6.45) is 3.77.